The normalized spacial score (nSPS) is 11.4. The van der Waals surface area contributed by atoms with Crippen LogP contribution in [0.1, 0.15) is 15.9 Å². The number of aromatic nitrogens is 1. The van der Waals surface area contributed by atoms with Gasteiger partial charge in [-0.2, -0.15) is 5.26 Å². The van der Waals surface area contributed by atoms with Crippen LogP contribution in [0.5, 0.6) is 0 Å². The van der Waals surface area contributed by atoms with E-state index in [4.69, 9.17) is 11.6 Å². The number of H-pyrrole nitrogens is 1. The summed E-state index contributed by atoms with van der Waals surface area (Å²) in [6, 6.07) is 16.5. The molecule has 0 fully saturated rings. The lowest BCUT2D eigenvalue weighted by Crippen LogP contribution is -2.01. The topological polar surface area (TPSA) is 56.6 Å². The monoisotopic (exact) mass is 306 g/mol. The first-order valence-corrected chi connectivity index (χ1v) is 7.05. The summed E-state index contributed by atoms with van der Waals surface area (Å²) in [6.07, 6.45) is 3.15. The first kappa shape index (κ1) is 14.1. The van der Waals surface area contributed by atoms with E-state index < -0.39 is 0 Å². The van der Waals surface area contributed by atoms with Crippen LogP contribution in [0.15, 0.2) is 60.3 Å². The van der Waals surface area contributed by atoms with Crippen LogP contribution in [0, 0.1) is 11.3 Å². The van der Waals surface area contributed by atoms with Crippen LogP contribution < -0.4 is 0 Å². The van der Waals surface area contributed by atoms with E-state index in [0.717, 1.165) is 10.9 Å². The van der Waals surface area contributed by atoms with Crippen molar-refractivity contribution in [1.82, 2.24) is 4.98 Å². The van der Waals surface area contributed by atoms with E-state index in [1.165, 1.54) is 6.08 Å². The molecule has 0 atom stereocenters. The molecule has 0 unspecified atom stereocenters. The standard InChI is InChI=1S/C18H11ClN2O/c19-16-7-3-1-5-12(16)9-13(10-20)18(22)15-11-21-17-8-4-2-6-14(15)17/h1-9,11,21H/b13-9+. The van der Waals surface area contributed by atoms with Gasteiger partial charge in [0.2, 0.25) is 5.78 Å². The van der Waals surface area contributed by atoms with Crippen molar-refractivity contribution in [1.29, 1.82) is 5.26 Å². The molecule has 0 aliphatic rings. The molecule has 0 aliphatic heterocycles. The van der Waals surface area contributed by atoms with Crippen molar-refractivity contribution in [2.24, 2.45) is 0 Å². The number of nitrogens with one attached hydrogen (secondary N) is 1. The van der Waals surface area contributed by atoms with Crippen molar-refractivity contribution in [3.05, 3.63) is 76.5 Å². The Morgan fingerprint density at radius 2 is 1.86 bits per heavy atom. The van der Waals surface area contributed by atoms with Crippen LogP contribution in [0.25, 0.3) is 17.0 Å². The Bertz CT molecular complexity index is 931. The number of ketones is 1. The minimum absolute atomic E-state index is 0.0536. The Kier molecular flexibility index (Phi) is 3.78. The van der Waals surface area contributed by atoms with Crippen LogP contribution in [-0.4, -0.2) is 10.8 Å². The Morgan fingerprint density at radius 1 is 1.14 bits per heavy atom. The van der Waals surface area contributed by atoms with E-state index in [0.29, 0.717) is 16.1 Å². The number of para-hydroxylation sites is 1. The molecule has 0 radical (unpaired) electrons. The lowest BCUT2D eigenvalue weighted by molar-refractivity contribution is 0.104. The predicted octanol–water partition coefficient (Wildman–Crippen LogP) is 4.61. The van der Waals surface area contributed by atoms with Crippen molar-refractivity contribution in [2.45, 2.75) is 0 Å². The fourth-order valence-corrected chi connectivity index (χ4v) is 2.49. The number of halogens is 1. The summed E-state index contributed by atoms with van der Waals surface area (Å²) in [5.74, 6) is -0.320. The molecule has 1 aromatic heterocycles. The molecule has 0 spiro atoms. The van der Waals surface area contributed by atoms with E-state index in [1.807, 2.05) is 36.4 Å². The highest BCUT2D eigenvalue weighted by Crippen LogP contribution is 2.23. The van der Waals surface area contributed by atoms with Gasteiger partial charge in [-0.1, -0.05) is 48.0 Å². The molecule has 4 heteroatoms. The zero-order valence-corrected chi connectivity index (χ0v) is 12.3. The maximum absolute atomic E-state index is 12.6. The number of rotatable bonds is 3. The molecule has 0 bridgehead atoms. The lowest BCUT2D eigenvalue weighted by atomic mass is 10.0. The van der Waals surface area contributed by atoms with Crippen LogP contribution >= 0.6 is 11.6 Å². The van der Waals surface area contributed by atoms with Gasteiger partial charge < -0.3 is 4.98 Å². The number of fused-ring (bicyclic) bond motifs is 1. The third-order valence-corrected chi connectivity index (χ3v) is 3.75. The van der Waals surface area contributed by atoms with Gasteiger partial charge in [0.1, 0.15) is 11.6 Å². The Balaban J connectivity index is 2.06. The summed E-state index contributed by atoms with van der Waals surface area (Å²) < 4.78 is 0. The van der Waals surface area contributed by atoms with Gasteiger partial charge in [0.25, 0.3) is 0 Å². The number of carbonyl (C=O) groups excluding carboxylic acids is 1. The second kappa shape index (κ2) is 5.88. The van der Waals surface area contributed by atoms with Gasteiger partial charge in [-0.3, -0.25) is 4.79 Å². The van der Waals surface area contributed by atoms with E-state index in [1.54, 1.807) is 24.4 Å². The summed E-state index contributed by atoms with van der Waals surface area (Å²) in [6.45, 7) is 0. The molecule has 3 nitrogen and oxygen atoms in total. The number of nitrogens with zero attached hydrogens (tertiary/aromatic N) is 1. The third kappa shape index (κ3) is 2.52. The van der Waals surface area contributed by atoms with Gasteiger partial charge in [0.05, 0.1) is 0 Å². The fraction of sp³-hybridized carbons (Fsp3) is 0. The van der Waals surface area contributed by atoms with E-state index >= 15 is 0 Å². The molecule has 0 aliphatic carbocycles. The van der Waals surface area contributed by atoms with Crippen LogP contribution in [0.2, 0.25) is 5.02 Å². The number of nitriles is 1. The highest BCUT2D eigenvalue weighted by molar-refractivity contribution is 6.32. The van der Waals surface area contributed by atoms with Crippen molar-refractivity contribution in [3.63, 3.8) is 0 Å². The molecule has 3 rings (SSSR count). The van der Waals surface area contributed by atoms with Crippen LogP contribution in [0.4, 0.5) is 0 Å². The molecule has 0 saturated carbocycles. The van der Waals surface area contributed by atoms with E-state index in [9.17, 15) is 10.1 Å². The predicted molar refractivity (Wildman–Crippen MR) is 87.7 cm³/mol. The van der Waals surface area contributed by atoms with Gasteiger partial charge in [0, 0.05) is 27.7 Å². The minimum atomic E-state index is -0.320. The maximum Gasteiger partial charge on any atom is 0.205 e. The summed E-state index contributed by atoms with van der Waals surface area (Å²) >= 11 is 6.08. The zero-order chi connectivity index (χ0) is 15.5. The van der Waals surface area contributed by atoms with Crippen molar-refractivity contribution in [2.75, 3.05) is 0 Å². The Morgan fingerprint density at radius 3 is 2.64 bits per heavy atom. The number of Topliss-reactive ketones (excluding diaryl/α,β-unsaturated/α-hetero) is 1. The smallest absolute Gasteiger partial charge is 0.205 e. The first-order valence-electron chi connectivity index (χ1n) is 6.68. The number of hydrogen-bond acceptors (Lipinski definition) is 2. The second-order valence-corrected chi connectivity index (χ2v) is 5.18. The van der Waals surface area contributed by atoms with Gasteiger partial charge in [-0.05, 0) is 23.8 Å². The van der Waals surface area contributed by atoms with E-state index in [2.05, 4.69) is 4.98 Å². The largest absolute Gasteiger partial charge is 0.360 e. The van der Waals surface area contributed by atoms with Gasteiger partial charge in [0.15, 0.2) is 0 Å². The molecule has 3 aromatic rings. The van der Waals surface area contributed by atoms with Gasteiger partial charge in [-0.25, -0.2) is 0 Å². The number of carbonyl (C=O) groups is 1. The number of allylic oxidation sites excluding steroid dienone is 1. The summed E-state index contributed by atoms with van der Waals surface area (Å²) in [5.41, 5.74) is 2.04. The molecule has 22 heavy (non-hydrogen) atoms. The average molecular weight is 307 g/mol. The quantitative estimate of drug-likeness (QED) is 0.436. The summed E-state index contributed by atoms with van der Waals surface area (Å²) in [4.78, 5) is 15.7. The van der Waals surface area contributed by atoms with Gasteiger partial charge >= 0.3 is 0 Å². The molecule has 106 valence electrons. The van der Waals surface area contributed by atoms with Crippen LogP contribution in [-0.2, 0) is 0 Å². The number of aromatic amines is 1. The molecule has 1 heterocycles. The van der Waals surface area contributed by atoms with E-state index in [-0.39, 0.29) is 11.4 Å². The second-order valence-electron chi connectivity index (χ2n) is 4.77. The average Bonchev–Trinajstić information content (AvgIpc) is 2.97. The highest BCUT2D eigenvalue weighted by atomic mass is 35.5. The lowest BCUT2D eigenvalue weighted by Gasteiger charge is -2.00. The molecular formula is C18H11ClN2O. The molecule has 1 N–H and O–H groups in total. The summed E-state index contributed by atoms with van der Waals surface area (Å²) in [7, 11) is 0. The molecule has 0 amide bonds. The van der Waals surface area contributed by atoms with Crippen LogP contribution in [0.3, 0.4) is 0 Å². The highest BCUT2D eigenvalue weighted by Gasteiger charge is 2.16. The number of hydrogen-bond donors (Lipinski definition) is 1. The van der Waals surface area contributed by atoms with Crippen molar-refractivity contribution >= 4 is 34.4 Å². The Hall–Kier alpha value is -2.83. The number of benzene rings is 2. The Labute approximate surface area is 132 Å². The fourth-order valence-electron chi connectivity index (χ4n) is 2.30. The molecule has 2 aromatic carbocycles. The summed E-state index contributed by atoms with van der Waals surface area (Å²) in [5, 5.41) is 10.6. The molecule has 0 saturated heterocycles. The van der Waals surface area contributed by atoms with Crippen molar-refractivity contribution in [3.8, 4) is 6.07 Å². The zero-order valence-electron chi connectivity index (χ0n) is 11.5. The first-order chi connectivity index (χ1) is 10.7. The maximum atomic E-state index is 12.6. The molecular weight excluding hydrogens is 296 g/mol. The van der Waals surface area contributed by atoms with Crippen molar-refractivity contribution < 1.29 is 4.79 Å². The van der Waals surface area contributed by atoms with Gasteiger partial charge in [-0.15, -0.1) is 0 Å². The SMILES string of the molecule is N#C/C(=C\c1ccccc1Cl)C(=O)c1c[nH]c2ccccc12. The minimum Gasteiger partial charge on any atom is -0.360 e. The third-order valence-electron chi connectivity index (χ3n) is 3.40.